The van der Waals surface area contributed by atoms with Crippen LogP contribution in [0.3, 0.4) is 0 Å². The molecule has 4 rings (SSSR count). The molecule has 0 unspecified atom stereocenters. The van der Waals surface area contributed by atoms with Crippen LogP contribution in [-0.4, -0.2) is 14.4 Å². The van der Waals surface area contributed by atoms with Crippen molar-refractivity contribution in [2.45, 2.75) is 20.1 Å². The number of aryl methyl sites for hydroxylation is 1. The van der Waals surface area contributed by atoms with Crippen molar-refractivity contribution in [1.29, 1.82) is 0 Å². The summed E-state index contributed by atoms with van der Waals surface area (Å²) in [6, 6.07) is 12.2. The van der Waals surface area contributed by atoms with Crippen LogP contribution in [0.5, 0.6) is 0 Å². The van der Waals surface area contributed by atoms with Gasteiger partial charge < -0.3 is 9.14 Å². The number of rotatable bonds is 4. The van der Waals surface area contributed by atoms with Gasteiger partial charge in [-0.15, -0.1) is 11.3 Å². The maximum absolute atomic E-state index is 5.78. The van der Waals surface area contributed by atoms with Gasteiger partial charge in [0.1, 0.15) is 10.7 Å². The van der Waals surface area contributed by atoms with Crippen molar-refractivity contribution in [3.05, 3.63) is 65.1 Å². The monoisotopic (exact) mass is 309 g/mol. The van der Waals surface area contributed by atoms with Crippen LogP contribution < -0.4 is 0 Å². The van der Waals surface area contributed by atoms with Crippen molar-refractivity contribution >= 4 is 27.2 Å². The molecule has 0 N–H and O–H groups in total. The van der Waals surface area contributed by atoms with E-state index >= 15 is 0 Å². The average Bonchev–Trinajstić information content (AvgIpc) is 3.11. The Bertz CT molecular complexity index is 908. The molecule has 3 aromatic heterocycles. The van der Waals surface area contributed by atoms with Gasteiger partial charge in [0.05, 0.1) is 29.1 Å². The lowest BCUT2D eigenvalue weighted by atomic mass is 10.3. The predicted molar refractivity (Wildman–Crippen MR) is 88.0 cm³/mol. The molecule has 4 nitrogen and oxygen atoms in total. The third-order valence-corrected chi connectivity index (χ3v) is 4.55. The van der Waals surface area contributed by atoms with Crippen LogP contribution in [0.2, 0.25) is 0 Å². The van der Waals surface area contributed by atoms with E-state index in [0.29, 0.717) is 13.2 Å². The first-order chi connectivity index (χ1) is 10.8. The fourth-order valence-electron chi connectivity index (χ4n) is 2.50. The number of hydrogen-bond acceptors (Lipinski definition) is 4. The number of pyridine rings is 1. The largest absolute Gasteiger partial charge is 0.368 e. The van der Waals surface area contributed by atoms with Crippen LogP contribution >= 0.6 is 11.3 Å². The zero-order valence-electron chi connectivity index (χ0n) is 12.2. The Morgan fingerprint density at radius 2 is 2.00 bits per heavy atom. The van der Waals surface area contributed by atoms with Crippen molar-refractivity contribution in [3.8, 4) is 0 Å². The number of thiazole rings is 1. The van der Waals surface area contributed by atoms with Crippen LogP contribution in [0, 0.1) is 6.92 Å². The molecule has 5 heteroatoms. The summed E-state index contributed by atoms with van der Waals surface area (Å²) in [7, 11) is 0. The molecule has 22 heavy (non-hydrogen) atoms. The maximum atomic E-state index is 5.78. The van der Waals surface area contributed by atoms with E-state index in [2.05, 4.69) is 29.0 Å². The van der Waals surface area contributed by atoms with E-state index in [0.717, 1.165) is 21.9 Å². The number of fused-ring (bicyclic) bond motifs is 2. The summed E-state index contributed by atoms with van der Waals surface area (Å²) in [6.45, 7) is 3.08. The Morgan fingerprint density at radius 3 is 2.86 bits per heavy atom. The van der Waals surface area contributed by atoms with E-state index < -0.39 is 0 Å². The molecule has 0 fully saturated rings. The van der Waals surface area contributed by atoms with Gasteiger partial charge in [0.2, 0.25) is 0 Å². The van der Waals surface area contributed by atoms with Crippen molar-refractivity contribution in [2.24, 2.45) is 0 Å². The molecule has 0 saturated carbocycles. The molecule has 0 radical (unpaired) electrons. The minimum absolute atomic E-state index is 0.497. The number of para-hydroxylation sites is 1. The summed E-state index contributed by atoms with van der Waals surface area (Å²) in [5.74, 6) is 0. The predicted octanol–water partition coefficient (Wildman–Crippen LogP) is 3.97. The van der Waals surface area contributed by atoms with Crippen LogP contribution in [-0.2, 0) is 18.0 Å². The van der Waals surface area contributed by atoms with Crippen LogP contribution in [0.15, 0.2) is 48.8 Å². The van der Waals surface area contributed by atoms with Crippen molar-refractivity contribution in [2.75, 3.05) is 0 Å². The summed E-state index contributed by atoms with van der Waals surface area (Å²) in [6.07, 6.45) is 4.02. The highest BCUT2D eigenvalue weighted by Gasteiger charge is 2.06. The van der Waals surface area contributed by atoms with E-state index in [1.807, 2.05) is 41.1 Å². The quantitative estimate of drug-likeness (QED) is 0.572. The van der Waals surface area contributed by atoms with Gasteiger partial charge in [-0.05, 0) is 30.7 Å². The fourth-order valence-corrected chi connectivity index (χ4v) is 3.40. The summed E-state index contributed by atoms with van der Waals surface area (Å²) < 4.78 is 9.01. The molecule has 0 atom stereocenters. The highest BCUT2D eigenvalue weighted by molar-refractivity contribution is 7.18. The van der Waals surface area contributed by atoms with Gasteiger partial charge in [-0.1, -0.05) is 18.2 Å². The second kappa shape index (κ2) is 5.51. The number of imidazole rings is 1. The smallest absolute Gasteiger partial charge is 0.140 e. The average molecular weight is 309 g/mol. The third-order valence-electron chi connectivity index (χ3n) is 3.54. The second-order valence-electron chi connectivity index (χ2n) is 5.22. The van der Waals surface area contributed by atoms with Gasteiger partial charge in [-0.3, -0.25) is 0 Å². The van der Waals surface area contributed by atoms with Gasteiger partial charge in [-0.25, -0.2) is 9.97 Å². The molecule has 3 heterocycles. The lowest BCUT2D eigenvalue weighted by molar-refractivity contribution is 0.105. The first kappa shape index (κ1) is 13.4. The highest BCUT2D eigenvalue weighted by atomic mass is 32.1. The lowest BCUT2D eigenvalue weighted by Gasteiger charge is -1.97. The molecule has 0 bridgehead atoms. The van der Waals surface area contributed by atoms with Gasteiger partial charge in [0.25, 0.3) is 0 Å². The first-order valence-electron chi connectivity index (χ1n) is 7.15. The Balaban J connectivity index is 1.46. The molecular formula is C17H15N3OS. The van der Waals surface area contributed by atoms with Gasteiger partial charge in [0, 0.05) is 12.4 Å². The van der Waals surface area contributed by atoms with Gasteiger partial charge >= 0.3 is 0 Å². The van der Waals surface area contributed by atoms with E-state index in [1.54, 1.807) is 11.3 Å². The van der Waals surface area contributed by atoms with Crippen LogP contribution in [0.4, 0.5) is 0 Å². The van der Waals surface area contributed by atoms with Gasteiger partial charge in [0.15, 0.2) is 0 Å². The minimum Gasteiger partial charge on any atom is -0.368 e. The number of benzene rings is 1. The summed E-state index contributed by atoms with van der Waals surface area (Å²) in [4.78, 5) is 9.18. The maximum Gasteiger partial charge on any atom is 0.140 e. The third kappa shape index (κ3) is 2.49. The molecule has 4 aromatic rings. The first-order valence-corrected chi connectivity index (χ1v) is 7.97. The normalized spacial score (nSPS) is 11.5. The van der Waals surface area contributed by atoms with Crippen molar-refractivity contribution in [3.63, 3.8) is 0 Å². The van der Waals surface area contributed by atoms with E-state index in [-0.39, 0.29) is 0 Å². The number of ether oxygens (including phenoxy) is 1. The van der Waals surface area contributed by atoms with Gasteiger partial charge in [-0.2, -0.15) is 0 Å². The molecule has 0 saturated heterocycles. The van der Waals surface area contributed by atoms with Crippen molar-refractivity contribution in [1.82, 2.24) is 14.4 Å². The Hall–Kier alpha value is -2.24. The minimum atomic E-state index is 0.497. The summed E-state index contributed by atoms with van der Waals surface area (Å²) in [5.41, 5.74) is 4.13. The molecule has 110 valence electrons. The Kier molecular flexibility index (Phi) is 3.36. The summed E-state index contributed by atoms with van der Waals surface area (Å²) >= 11 is 1.68. The lowest BCUT2D eigenvalue weighted by Crippen LogP contribution is -1.93. The fraction of sp³-hybridized carbons (Fsp3) is 0.176. The number of aromatic nitrogens is 3. The molecule has 0 aliphatic rings. The second-order valence-corrected chi connectivity index (χ2v) is 6.34. The molecule has 0 aliphatic carbocycles. The number of nitrogens with zero attached hydrogens (tertiary/aromatic N) is 3. The van der Waals surface area contributed by atoms with E-state index in [4.69, 9.17) is 4.74 Å². The van der Waals surface area contributed by atoms with E-state index in [9.17, 15) is 0 Å². The zero-order chi connectivity index (χ0) is 14.9. The van der Waals surface area contributed by atoms with Crippen LogP contribution in [0.25, 0.3) is 15.9 Å². The van der Waals surface area contributed by atoms with E-state index in [1.165, 1.54) is 10.3 Å². The molecule has 0 spiro atoms. The van der Waals surface area contributed by atoms with Crippen LogP contribution in [0.1, 0.15) is 16.3 Å². The Morgan fingerprint density at radius 1 is 1.09 bits per heavy atom. The number of hydrogen-bond donors (Lipinski definition) is 0. The zero-order valence-corrected chi connectivity index (χ0v) is 13.0. The molecule has 1 aromatic carbocycles. The molecule has 0 aliphatic heterocycles. The topological polar surface area (TPSA) is 39.4 Å². The van der Waals surface area contributed by atoms with Crippen molar-refractivity contribution < 1.29 is 4.74 Å². The Labute approximate surface area is 132 Å². The highest BCUT2D eigenvalue weighted by Crippen LogP contribution is 2.22. The standard InChI is InChI=1S/C17H15N3OS/c1-12-5-4-8-20-9-13(18-17(12)20)10-21-11-16-19-14-6-2-3-7-15(14)22-16/h2-9H,10-11H2,1H3. The SMILES string of the molecule is Cc1cccn2cc(COCc3nc4ccccc4s3)nc12. The molecule has 0 amide bonds. The summed E-state index contributed by atoms with van der Waals surface area (Å²) in [5, 5.41) is 1.00. The molecular weight excluding hydrogens is 294 g/mol.